The number of aryl methyl sites for hydroxylation is 1. The maximum absolute atomic E-state index is 9.15. The van der Waals surface area contributed by atoms with Gasteiger partial charge >= 0.3 is 0 Å². The summed E-state index contributed by atoms with van der Waals surface area (Å²) in [4.78, 5) is 6.77. The van der Waals surface area contributed by atoms with Gasteiger partial charge in [0.15, 0.2) is 0 Å². The second-order valence-corrected chi connectivity index (χ2v) is 4.92. The molecule has 18 heavy (non-hydrogen) atoms. The molecule has 0 aromatic carbocycles. The molecule has 1 fully saturated rings. The summed E-state index contributed by atoms with van der Waals surface area (Å²) in [7, 11) is 2.00. The van der Waals surface area contributed by atoms with Gasteiger partial charge in [0.05, 0.1) is 5.56 Å². The topological polar surface area (TPSA) is 52.0 Å². The highest BCUT2D eigenvalue weighted by atomic mass is 15.2. The highest BCUT2D eigenvalue weighted by molar-refractivity contribution is 5.54. The number of hydrogen-bond donors (Lipinski definition) is 1. The first kappa shape index (κ1) is 12.8. The largest absolute Gasteiger partial charge is 0.355 e. The van der Waals surface area contributed by atoms with Crippen molar-refractivity contribution in [3.05, 3.63) is 23.4 Å². The molecular weight excluding hydrogens is 224 g/mol. The maximum atomic E-state index is 9.15. The number of piperidine rings is 1. The van der Waals surface area contributed by atoms with E-state index in [0.717, 1.165) is 37.1 Å². The van der Waals surface area contributed by atoms with E-state index in [9.17, 15) is 0 Å². The Bertz CT molecular complexity index is 442. The van der Waals surface area contributed by atoms with Crippen molar-refractivity contribution in [2.45, 2.75) is 19.8 Å². The van der Waals surface area contributed by atoms with Gasteiger partial charge in [0.2, 0.25) is 0 Å². The van der Waals surface area contributed by atoms with Crippen molar-refractivity contribution >= 4 is 5.82 Å². The summed E-state index contributed by atoms with van der Waals surface area (Å²) in [5.74, 6) is 1.61. The number of nitriles is 1. The van der Waals surface area contributed by atoms with Gasteiger partial charge in [-0.15, -0.1) is 0 Å². The van der Waals surface area contributed by atoms with Crippen molar-refractivity contribution in [1.29, 1.82) is 5.26 Å². The van der Waals surface area contributed by atoms with Crippen LogP contribution in [0, 0.1) is 24.2 Å². The number of anilines is 1. The van der Waals surface area contributed by atoms with Crippen LogP contribution >= 0.6 is 0 Å². The summed E-state index contributed by atoms with van der Waals surface area (Å²) in [6, 6.07) is 6.01. The van der Waals surface area contributed by atoms with E-state index in [0.29, 0.717) is 5.56 Å². The van der Waals surface area contributed by atoms with Crippen LogP contribution in [0.15, 0.2) is 12.1 Å². The molecule has 2 heterocycles. The Morgan fingerprint density at radius 2 is 2.17 bits per heavy atom. The minimum Gasteiger partial charge on any atom is -0.355 e. The van der Waals surface area contributed by atoms with Crippen molar-refractivity contribution in [3.8, 4) is 6.07 Å². The smallest absolute Gasteiger partial charge is 0.146 e. The summed E-state index contributed by atoms with van der Waals surface area (Å²) in [5.41, 5.74) is 1.66. The molecule has 2 rings (SSSR count). The molecule has 4 heteroatoms. The molecular formula is C14H20N4. The zero-order valence-electron chi connectivity index (χ0n) is 11.1. The molecule has 1 aromatic rings. The van der Waals surface area contributed by atoms with Crippen LogP contribution < -0.4 is 10.2 Å². The third kappa shape index (κ3) is 2.80. The monoisotopic (exact) mass is 244 g/mol. The number of pyridine rings is 1. The summed E-state index contributed by atoms with van der Waals surface area (Å²) in [6.07, 6.45) is 2.34. The second-order valence-electron chi connectivity index (χ2n) is 4.92. The van der Waals surface area contributed by atoms with Crippen molar-refractivity contribution in [1.82, 2.24) is 10.3 Å². The van der Waals surface area contributed by atoms with Gasteiger partial charge in [0.25, 0.3) is 0 Å². The maximum Gasteiger partial charge on any atom is 0.146 e. The van der Waals surface area contributed by atoms with Gasteiger partial charge in [0, 0.05) is 18.8 Å². The molecule has 0 bridgehead atoms. The van der Waals surface area contributed by atoms with E-state index >= 15 is 0 Å². The number of aromatic nitrogens is 1. The lowest BCUT2D eigenvalue weighted by Crippen LogP contribution is -2.37. The van der Waals surface area contributed by atoms with Crippen molar-refractivity contribution in [3.63, 3.8) is 0 Å². The van der Waals surface area contributed by atoms with Crippen molar-refractivity contribution in [2.24, 2.45) is 5.92 Å². The number of nitrogens with one attached hydrogen (secondary N) is 1. The normalized spacial score (nSPS) is 16.6. The highest BCUT2D eigenvalue weighted by Gasteiger charge is 2.21. The van der Waals surface area contributed by atoms with Crippen LogP contribution in [0.5, 0.6) is 0 Å². The summed E-state index contributed by atoms with van der Waals surface area (Å²) in [6.45, 7) is 5.05. The highest BCUT2D eigenvalue weighted by Crippen LogP contribution is 2.24. The summed E-state index contributed by atoms with van der Waals surface area (Å²) < 4.78 is 0. The molecule has 0 unspecified atom stereocenters. The molecule has 1 aliphatic heterocycles. The van der Waals surface area contributed by atoms with E-state index in [1.54, 1.807) is 0 Å². The Balaban J connectivity index is 2.10. The lowest BCUT2D eigenvalue weighted by molar-refractivity contribution is 0.392. The van der Waals surface area contributed by atoms with Crippen molar-refractivity contribution < 1.29 is 0 Å². The van der Waals surface area contributed by atoms with Crippen LogP contribution in [0.2, 0.25) is 0 Å². The molecule has 4 nitrogen and oxygen atoms in total. The van der Waals surface area contributed by atoms with Gasteiger partial charge in [-0.2, -0.15) is 5.26 Å². The lowest BCUT2D eigenvalue weighted by Gasteiger charge is -2.33. The zero-order chi connectivity index (χ0) is 13.0. The predicted molar refractivity (Wildman–Crippen MR) is 72.6 cm³/mol. The van der Waals surface area contributed by atoms with E-state index in [1.165, 1.54) is 12.8 Å². The first-order valence-corrected chi connectivity index (χ1v) is 6.52. The zero-order valence-corrected chi connectivity index (χ0v) is 11.1. The minimum absolute atomic E-state index is 0.688. The number of hydrogen-bond acceptors (Lipinski definition) is 4. The molecule has 0 atom stereocenters. The molecule has 1 aromatic heterocycles. The minimum atomic E-state index is 0.688. The Kier molecular flexibility index (Phi) is 4.16. The predicted octanol–water partition coefficient (Wildman–Crippen LogP) is 1.70. The molecule has 0 spiro atoms. The van der Waals surface area contributed by atoms with Gasteiger partial charge in [0.1, 0.15) is 11.9 Å². The van der Waals surface area contributed by atoms with Crippen LogP contribution in [0.1, 0.15) is 24.1 Å². The van der Waals surface area contributed by atoms with Gasteiger partial charge < -0.3 is 10.2 Å². The molecule has 1 aliphatic rings. The SMILES string of the molecule is CNCC1CCN(c2nc(C)ccc2C#N)CC1. The van der Waals surface area contributed by atoms with E-state index in [2.05, 4.69) is 21.3 Å². The Hall–Kier alpha value is -1.60. The molecule has 0 saturated carbocycles. The van der Waals surface area contributed by atoms with Crippen LogP contribution in [0.4, 0.5) is 5.82 Å². The first-order valence-electron chi connectivity index (χ1n) is 6.52. The fraction of sp³-hybridized carbons (Fsp3) is 0.571. The van der Waals surface area contributed by atoms with E-state index in [-0.39, 0.29) is 0 Å². The Morgan fingerprint density at radius 3 is 2.78 bits per heavy atom. The van der Waals surface area contributed by atoms with Gasteiger partial charge in [-0.25, -0.2) is 4.98 Å². The number of nitrogens with zero attached hydrogens (tertiary/aromatic N) is 3. The molecule has 0 radical (unpaired) electrons. The van der Waals surface area contributed by atoms with Crippen LogP contribution in [0.3, 0.4) is 0 Å². The molecule has 1 N–H and O–H groups in total. The quantitative estimate of drug-likeness (QED) is 0.879. The van der Waals surface area contributed by atoms with Crippen molar-refractivity contribution in [2.75, 3.05) is 31.6 Å². The third-order valence-corrected chi connectivity index (χ3v) is 3.54. The Labute approximate surface area is 109 Å². The average molecular weight is 244 g/mol. The first-order chi connectivity index (χ1) is 8.74. The van der Waals surface area contributed by atoms with Gasteiger partial charge in [-0.3, -0.25) is 0 Å². The molecule has 0 amide bonds. The second kappa shape index (κ2) is 5.83. The summed E-state index contributed by atoms with van der Waals surface area (Å²) >= 11 is 0. The fourth-order valence-corrected chi connectivity index (χ4v) is 2.51. The summed E-state index contributed by atoms with van der Waals surface area (Å²) in [5, 5.41) is 12.4. The third-order valence-electron chi connectivity index (χ3n) is 3.54. The Morgan fingerprint density at radius 1 is 1.44 bits per heavy atom. The van der Waals surface area contributed by atoms with E-state index in [4.69, 9.17) is 5.26 Å². The lowest BCUT2D eigenvalue weighted by atomic mass is 9.96. The average Bonchev–Trinajstić information content (AvgIpc) is 2.40. The van der Waals surface area contributed by atoms with E-state index < -0.39 is 0 Å². The standard InChI is InChI=1S/C14H20N4/c1-11-3-4-13(9-15)14(17-11)18-7-5-12(6-8-18)10-16-2/h3-4,12,16H,5-8,10H2,1-2H3. The van der Waals surface area contributed by atoms with Crippen LogP contribution in [-0.4, -0.2) is 31.7 Å². The fourth-order valence-electron chi connectivity index (χ4n) is 2.51. The van der Waals surface area contributed by atoms with Crippen LogP contribution in [0.25, 0.3) is 0 Å². The molecule has 96 valence electrons. The number of rotatable bonds is 3. The van der Waals surface area contributed by atoms with Gasteiger partial charge in [-0.05, 0) is 51.4 Å². The van der Waals surface area contributed by atoms with E-state index in [1.807, 2.05) is 26.1 Å². The van der Waals surface area contributed by atoms with Gasteiger partial charge in [-0.1, -0.05) is 0 Å². The molecule has 1 saturated heterocycles. The molecule has 0 aliphatic carbocycles. The van der Waals surface area contributed by atoms with Crippen LogP contribution in [-0.2, 0) is 0 Å².